The van der Waals surface area contributed by atoms with Crippen molar-refractivity contribution in [2.45, 2.75) is 0 Å². The first kappa shape index (κ1) is 29.4. The zero-order valence-electron chi connectivity index (χ0n) is 27.6. The number of para-hydroxylation sites is 4. The summed E-state index contributed by atoms with van der Waals surface area (Å²) in [6.07, 6.45) is 0. The van der Waals surface area contributed by atoms with Crippen LogP contribution in [-0.4, -0.2) is 0 Å². The second-order valence-corrected chi connectivity index (χ2v) is 12.7. The SMILES string of the molecule is N#Cc1ccccc1N1c2cc(-c3cccc4c5c(ccc34)Oc3ccccc3N5c3ccccc3C#N)ccc2Oc2c1ccc1ccccc21. The minimum Gasteiger partial charge on any atom is -0.453 e. The highest BCUT2D eigenvalue weighted by Gasteiger charge is 2.31. The summed E-state index contributed by atoms with van der Waals surface area (Å²) in [5.41, 5.74) is 8.12. The van der Waals surface area contributed by atoms with E-state index in [-0.39, 0.29) is 0 Å². The molecule has 0 amide bonds. The van der Waals surface area contributed by atoms with E-state index >= 15 is 0 Å². The van der Waals surface area contributed by atoms with E-state index in [0.29, 0.717) is 22.6 Å². The van der Waals surface area contributed by atoms with Gasteiger partial charge in [0.1, 0.15) is 12.1 Å². The zero-order valence-corrected chi connectivity index (χ0v) is 27.6. The molecule has 2 aliphatic heterocycles. The molecular weight excluding hydrogens is 641 g/mol. The van der Waals surface area contributed by atoms with E-state index in [0.717, 1.165) is 78.3 Å². The molecule has 0 saturated heterocycles. The largest absolute Gasteiger partial charge is 0.453 e. The molecule has 2 aliphatic rings. The van der Waals surface area contributed by atoms with Gasteiger partial charge in [0.05, 0.1) is 45.3 Å². The van der Waals surface area contributed by atoms with Crippen molar-refractivity contribution in [3.8, 4) is 46.3 Å². The van der Waals surface area contributed by atoms with Crippen LogP contribution in [0.5, 0.6) is 23.0 Å². The van der Waals surface area contributed by atoms with E-state index in [1.807, 2.05) is 97.1 Å². The molecular formula is C46H26N4O2. The summed E-state index contributed by atoms with van der Waals surface area (Å²) in [5.74, 6) is 2.87. The van der Waals surface area contributed by atoms with Crippen LogP contribution in [-0.2, 0) is 0 Å². The second-order valence-electron chi connectivity index (χ2n) is 12.7. The summed E-state index contributed by atoms with van der Waals surface area (Å²) in [4.78, 5) is 4.28. The van der Waals surface area contributed by atoms with E-state index < -0.39 is 0 Å². The number of hydrogen-bond acceptors (Lipinski definition) is 6. The van der Waals surface area contributed by atoms with Crippen LogP contribution in [0.25, 0.3) is 32.7 Å². The summed E-state index contributed by atoms with van der Waals surface area (Å²) in [6.45, 7) is 0. The highest BCUT2D eigenvalue weighted by atomic mass is 16.5. The maximum atomic E-state index is 10.2. The molecule has 242 valence electrons. The lowest BCUT2D eigenvalue weighted by Crippen LogP contribution is -2.17. The molecule has 0 unspecified atom stereocenters. The van der Waals surface area contributed by atoms with Crippen LogP contribution >= 0.6 is 0 Å². The highest BCUT2D eigenvalue weighted by molar-refractivity contribution is 6.10. The van der Waals surface area contributed by atoms with Gasteiger partial charge >= 0.3 is 0 Å². The molecule has 0 aromatic heterocycles. The standard InChI is InChI=1S/C46H26N4O2/c47-27-31-11-2-5-16-37(31)49-40-23-20-29-10-1-4-13-34(29)46(40)52-43-24-21-30(26-41(43)49)33-14-9-15-36-35(33)22-25-44-45(36)50(38-17-6-3-12-32(38)28-48)39-18-7-8-19-42(39)51-44/h1-26H. The Balaban J connectivity index is 1.19. The predicted octanol–water partition coefficient (Wildman–Crippen LogP) is 12.6. The number of anilines is 6. The van der Waals surface area contributed by atoms with Crippen LogP contribution in [0.3, 0.4) is 0 Å². The predicted molar refractivity (Wildman–Crippen MR) is 206 cm³/mol. The van der Waals surface area contributed by atoms with Gasteiger partial charge in [-0.2, -0.15) is 10.5 Å². The Morgan fingerprint density at radius 2 is 1.08 bits per heavy atom. The second kappa shape index (κ2) is 11.5. The number of nitrogens with zero attached hydrogens (tertiary/aromatic N) is 4. The molecule has 52 heavy (non-hydrogen) atoms. The summed E-state index contributed by atoms with van der Waals surface area (Å²) < 4.78 is 13.2. The van der Waals surface area contributed by atoms with Crippen molar-refractivity contribution in [1.82, 2.24) is 0 Å². The fourth-order valence-corrected chi connectivity index (χ4v) is 7.59. The number of nitriles is 2. The third kappa shape index (κ3) is 4.35. The minimum absolute atomic E-state index is 0.565. The van der Waals surface area contributed by atoms with Crippen LogP contribution in [0.15, 0.2) is 158 Å². The molecule has 8 aromatic carbocycles. The molecule has 0 atom stereocenters. The van der Waals surface area contributed by atoms with E-state index in [2.05, 4.69) is 82.6 Å². The lowest BCUT2D eigenvalue weighted by Gasteiger charge is -2.35. The molecule has 0 radical (unpaired) electrons. The summed E-state index contributed by atoms with van der Waals surface area (Å²) in [7, 11) is 0. The minimum atomic E-state index is 0.565. The average Bonchev–Trinajstić information content (AvgIpc) is 3.21. The molecule has 2 heterocycles. The maximum Gasteiger partial charge on any atom is 0.159 e. The van der Waals surface area contributed by atoms with Crippen LogP contribution < -0.4 is 19.3 Å². The molecule has 0 saturated carbocycles. The number of fused-ring (bicyclic) bond motifs is 8. The van der Waals surface area contributed by atoms with E-state index in [9.17, 15) is 10.5 Å². The van der Waals surface area contributed by atoms with Crippen LogP contribution in [0.2, 0.25) is 0 Å². The fourth-order valence-electron chi connectivity index (χ4n) is 7.59. The third-order valence-corrected chi connectivity index (χ3v) is 9.90. The fraction of sp³-hybridized carbons (Fsp3) is 0. The molecule has 0 spiro atoms. The Bertz CT molecular complexity index is 2870. The lowest BCUT2D eigenvalue weighted by atomic mass is 9.94. The molecule has 10 rings (SSSR count). The molecule has 6 heteroatoms. The van der Waals surface area contributed by atoms with Gasteiger partial charge in [-0.05, 0) is 88.6 Å². The zero-order chi connectivity index (χ0) is 34.8. The van der Waals surface area contributed by atoms with Gasteiger partial charge in [0.15, 0.2) is 23.0 Å². The van der Waals surface area contributed by atoms with E-state index in [1.54, 1.807) is 0 Å². The Labute approximate surface area is 299 Å². The van der Waals surface area contributed by atoms with E-state index in [1.165, 1.54) is 0 Å². The number of hydrogen-bond donors (Lipinski definition) is 0. The molecule has 0 bridgehead atoms. The normalized spacial score (nSPS) is 12.4. The average molecular weight is 667 g/mol. The highest BCUT2D eigenvalue weighted by Crippen LogP contribution is 2.56. The molecule has 0 fully saturated rings. The van der Waals surface area contributed by atoms with Crippen LogP contribution in [0.4, 0.5) is 34.1 Å². The first-order valence-electron chi connectivity index (χ1n) is 17.0. The lowest BCUT2D eigenvalue weighted by molar-refractivity contribution is 0.478. The van der Waals surface area contributed by atoms with Gasteiger partial charge in [0, 0.05) is 10.8 Å². The maximum absolute atomic E-state index is 10.2. The first-order chi connectivity index (χ1) is 25.7. The first-order valence-corrected chi connectivity index (χ1v) is 17.0. The smallest absolute Gasteiger partial charge is 0.159 e. The van der Waals surface area contributed by atoms with Gasteiger partial charge in [-0.25, -0.2) is 0 Å². The summed E-state index contributed by atoms with van der Waals surface area (Å²) in [6, 6.07) is 57.0. The van der Waals surface area contributed by atoms with Crippen molar-refractivity contribution < 1.29 is 9.47 Å². The molecule has 0 N–H and O–H groups in total. The van der Waals surface area contributed by atoms with Crippen molar-refractivity contribution in [3.63, 3.8) is 0 Å². The Morgan fingerprint density at radius 3 is 1.88 bits per heavy atom. The van der Waals surface area contributed by atoms with Crippen molar-refractivity contribution in [2.24, 2.45) is 0 Å². The Kier molecular flexibility index (Phi) is 6.51. The Morgan fingerprint density at radius 1 is 0.423 bits per heavy atom. The third-order valence-electron chi connectivity index (χ3n) is 9.90. The van der Waals surface area contributed by atoms with Crippen molar-refractivity contribution >= 4 is 55.7 Å². The number of benzene rings is 8. The molecule has 8 aromatic rings. The van der Waals surface area contributed by atoms with Crippen molar-refractivity contribution in [1.29, 1.82) is 10.5 Å². The number of ether oxygens (including phenoxy) is 2. The van der Waals surface area contributed by atoms with Crippen LogP contribution in [0, 0.1) is 22.7 Å². The van der Waals surface area contributed by atoms with Crippen molar-refractivity contribution in [3.05, 3.63) is 169 Å². The van der Waals surface area contributed by atoms with E-state index in [4.69, 9.17) is 9.47 Å². The number of rotatable bonds is 3. The van der Waals surface area contributed by atoms with Gasteiger partial charge in [0.2, 0.25) is 0 Å². The van der Waals surface area contributed by atoms with Gasteiger partial charge in [-0.1, -0.05) is 91.0 Å². The Hall–Kier alpha value is -7.54. The van der Waals surface area contributed by atoms with Crippen molar-refractivity contribution in [2.75, 3.05) is 9.80 Å². The van der Waals surface area contributed by atoms with Gasteiger partial charge < -0.3 is 19.3 Å². The monoisotopic (exact) mass is 666 g/mol. The van der Waals surface area contributed by atoms with Gasteiger partial charge in [-0.3, -0.25) is 0 Å². The summed E-state index contributed by atoms with van der Waals surface area (Å²) in [5, 5.41) is 24.5. The molecule has 0 aliphatic carbocycles. The quantitative estimate of drug-likeness (QED) is 0.187. The molecule has 6 nitrogen and oxygen atoms in total. The topological polar surface area (TPSA) is 72.5 Å². The van der Waals surface area contributed by atoms with Crippen LogP contribution in [0.1, 0.15) is 11.1 Å². The van der Waals surface area contributed by atoms with Gasteiger partial charge in [-0.15, -0.1) is 0 Å². The summed E-state index contributed by atoms with van der Waals surface area (Å²) >= 11 is 0. The van der Waals surface area contributed by atoms with Gasteiger partial charge in [0.25, 0.3) is 0 Å².